The van der Waals surface area contributed by atoms with Crippen molar-refractivity contribution >= 4 is 11.8 Å². The number of hydrogen-bond donors (Lipinski definition) is 0. The second-order valence-electron chi connectivity index (χ2n) is 6.66. The number of rotatable bonds is 7. The topological polar surface area (TPSA) is 43.4 Å². The standard InChI is InChI=1S/C17H18O3.2C5H5.2Fe/c1-2-20-17(19)15(11-13-7-3-4-8-13)16(18)12-14-9-5-6-10-14;2*1-2-4-5-3-1;;/h3-10,15H,2,11-12H2,1H3;2*1-5H;;/q;;;2*+2. The number of hydrogen-bond acceptors (Lipinski definition) is 3. The van der Waals surface area contributed by atoms with Crippen molar-refractivity contribution in [1.29, 1.82) is 0 Å². The van der Waals surface area contributed by atoms with Gasteiger partial charge in [-0.25, -0.2) is 0 Å². The molecule has 0 aromatic carbocycles. The molecule has 0 aromatic heterocycles. The van der Waals surface area contributed by atoms with Crippen LogP contribution >= 0.6 is 0 Å². The molecule has 0 aliphatic heterocycles. The molecule has 3 nitrogen and oxygen atoms in total. The minimum atomic E-state index is -0.716. The van der Waals surface area contributed by atoms with Gasteiger partial charge in [-0.15, -0.1) is 0 Å². The summed E-state index contributed by atoms with van der Waals surface area (Å²) in [7, 11) is 0. The zero-order valence-corrected chi connectivity index (χ0v) is 20.2. The zero-order valence-electron chi connectivity index (χ0n) is 18.0. The van der Waals surface area contributed by atoms with E-state index in [1.807, 2.05) is 116 Å². The minimum Gasteiger partial charge on any atom is -0.465 e. The van der Waals surface area contributed by atoms with E-state index in [2.05, 4.69) is 0 Å². The maximum absolute atomic E-state index is 12.4. The summed E-state index contributed by atoms with van der Waals surface area (Å²) in [5, 5.41) is 0. The van der Waals surface area contributed by atoms with Crippen LogP contribution in [0.25, 0.3) is 0 Å². The second kappa shape index (κ2) is 20.5. The average molecular weight is 512 g/mol. The zero-order chi connectivity index (χ0) is 21.4. The molecule has 0 N–H and O–H groups in total. The van der Waals surface area contributed by atoms with Crippen molar-refractivity contribution in [3.63, 3.8) is 0 Å². The SMILES string of the molecule is CCOC(=O)C(C[C]1[CH][CH][CH][CH]1)C(=O)C[C]1[CH][CH][CH][CH]1.[CH]1[CH][CH][CH][CH]1.[CH]1[CH][CH][CH][CH]1.[Fe+2].[Fe+2]. The monoisotopic (exact) mass is 512 g/mol. The third kappa shape index (κ3) is 13.8. The summed E-state index contributed by atoms with van der Waals surface area (Å²) in [5.41, 5.74) is 0. The van der Waals surface area contributed by atoms with Gasteiger partial charge in [0.2, 0.25) is 0 Å². The molecular formula is C27H28Fe2O3+4. The van der Waals surface area contributed by atoms with Gasteiger partial charge in [0.25, 0.3) is 0 Å². The molecule has 0 heterocycles. The second-order valence-corrected chi connectivity index (χ2v) is 6.66. The van der Waals surface area contributed by atoms with Crippen molar-refractivity contribution in [3.05, 3.63) is 127 Å². The van der Waals surface area contributed by atoms with E-state index in [1.54, 1.807) is 6.92 Å². The number of ether oxygens (including phenoxy) is 1. The van der Waals surface area contributed by atoms with Gasteiger partial charge < -0.3 is 4.74 Å². The Labute approximate surface area is 219 Å². The third-order valence-corrected chi connectivity index (χ3v) is 4.35. The summed E-state index contributed by atoms with van der Waals surface area (Å²) in [6, 6.07) is 0. The fourth-order valence-corrected chi connectivity index (χ4v) is 2.85. The minimum absolute atomic E-state index is 0. The summed E-state index contributed by atoms with van der Waals surface area (Å²) in [5.74, 6) is 0.694. The number of ketones is 1. The van der Waals surface area contributed by atoms with Gasteiger partial charge in [0.1, 0.15) is 11.7 Å². The van der Waals surface area contributed by atoms with Crippen LogP contribution in [0.2, 0.25) is 0 Å². The first-order valence-electron chi connectivity index (χ1n) is 10.1. The Balaban J connectivity index is 0.000000657. The molecule has 4 aliphatic carbocycles. The first-order valence-corrected chi connectivity index (χ1v) is 10.1. The fourth-order valence-electron chi connectivity index (χ4n) is 2.85. The maximum atomic E-state index is 12.4. The molecule has 4 saturated carbocycles. The van der Waals surface area contributed by atoms with E-state index in [0.29, 0.717) is 13.0 Å². The fraction of sp³-hybridized carbons (Fsp3) is 0.185. The molecule has 4 fully saturated rings. The van der Waals surface area contributed by atoms with Crippen LogP contribution in [0.5, 0.6) is 0 Å². The first kappa shape index (κ1) is 32.2. The summed E-state index contributed by atoms with van der Waals surface area (Å²) >= 11 is 0. The Morgan fingerprint density at radius 1 is 0.656 bits per heavy atom. The number of carbonyl (C=O) groups is 2. The molecule has 0 amide bonds. The Morgan fingerprint density at radius 3 is 1.41 bits per heavy atom. The Morgan fingerprint density at radius 2 is 1.03 bits per heavy atom. The number of esters is 1. The van der Waals surface area contributed by atoms with Gasteiger partial charge in [-0.2, -0.15) is 0 Å². The van der Waals surface area contributed by atoms with Crippen LogP contribution in [0.1, 0.15) is 19.8 Å². The molecule has 5 heteroatoms. The van der Waals surface area contributed by atoms with Crippen molar-refractivity contribution < 1.29 is 48.5 Å². The van der Waals surface area contributed by atoms with Crippen molar-refractivity contribution in [2.24, 2.45) is 5.92 Å². The van der Waals surface area contributed by atoms with Gasteiger partial charge in [0, 0.05) is 6.42 Å². The predicted molar refractivity (Wildman–Crippen MR) is 118 cm³/mol. The molecule has 0 spiro atoms. The molecular weight excluding hydrogens is 484 g/mol. The molecule has 0 bridgehead atoms. The number of Topliss-reactive ketones (excluding diaryl/α,β-unsaturated/α-hetero) is 1. The van der Waals surface area contributed by atoms with E-state index in [0.717, 1.165) is 11.8 Å². The van der Waals surface area contributed by atoms with Crippen LogP contribution in [0.3, 0.4) is 0 Å². The molecule has 32 heavy (non-hydrogen) atoms. The third-order valence-electron chi connectivity index (χ3n) is 4.35. The molecule has 0 saturated heterocycles. The van der Waals surface area contributed by atoms with Gasteiger partial charge in [-0.1, -0.05) is 0 Å². The molecule has 1 atom stereocenters. The van der Waals surface area contributed by atoms with E-state index >= 15 is 0 Å². The largest absolute Gasteiger partial charge is 2.00 e. The van der Waals surface area contributed by atoms with Crippen LogP contribution in [0, 0.1) is 133 Å². The van der Waals surface area contributed by atoms with Crippen molar-refractivity contribution in [1.82, 2.24) is 0 Å². The summed E-state index contributed by atoms with van der Waals surface area (Å²) in [4.78, 5) is 24.3. The van der Waals surface area contributed by atoms with Crippen LogP contribution in [-0.2, 0) is 48.5 Å². The van der Waals surface area contributed by atoms with Crippen LogP contribution < -0.4 is 0 Å². The molecule has 4 rings (SSSR count). The summed E-state index contributed by atoms with van der Waals surface area (Å²) < 4.78 is 5.03. The van der Waals surface area contributed by atoms with E-state index in [4.69, 9.17) is 4.74 Å². The first-order chi connectivity index (χ1) is 14.7. The normalized spacial score (nSPS) is 21.3. The van der Waals surface area contributed by atoms with E-state index in [9.17, 15) is 9.59 Å². The van der Waals surface area contributed by atoms with Crippen molar-refractivity contribution in [2.75, 3.05) is 6.61 Å². The maximum Gasteiger partial charge on any atom is 2.00 e. The molecule has 4 aliphatic rings. The molecule has 20 radical (unpaired) electrons. The number of carbonyl (C=O) groups excluding carboxylic acids is 2. The molecule has 0 aromatic rings. The van der Waals surface area contributed by atoms with E-state index in [1.165, 1.54) is 0 Å². The van der Waals surface area contributed by atoms with Gasteiger partial charge in [-0.05, 0) is 141 Å². The van der Waals surface area contributed by atoms with Gasteiger partial charge in [-0.3, -0.25) is 9.59 Å². The van der Waals surface area contributed by atoms with E-state index in [-0.39, 0.29) is 46.3 Å². The van der Waals surface area contributed by atoms with Crippen molar-refractivity contribution in [2.45, 2.75) is 19.8 Å². The van der Waals surface area contributed by atoms with Crippen molar-refractivity contribution in [3.8, 4) is 0 Å². The average Bonchev–Trinajstić information content (AvgIpc) is 3.55. The van der Waals surface area contributed by atoms with Crippen LogP contribution in [0.15, 0.2) is 0 Å². The van der Waals surface area contributed by atoms with Gasteiger partial charge in [0.15, 0.2) is 0 Å². The Kier molecular flexibility index (Phi) is 20.7. The quantitative estimate of drug-likeness (QED) is 0.290. The predicted octanol–water partition coefficient (Wildman–Crippen LogP) is 4.36. The van der Waals surface area contributed by atoms with Crippen LogP contribution in [-0.4, -0.2) is 18.4 Å². The summed E-state index contributed by atoms with van der Waals surface area (Å²) in [6.07, 6.45) is 35.9. The van der Waals surface area contributed by atoms with E-state index < -0.39 is 11.9 Å². The van der Waals surface area contributed by atoms with Crippen LogP contribution in [0.4, 0.5) is 0 Å². The molecule has 166 valence electrons. The Hall–Kier alpha value is 0.179. The smallest absolute Gasteiger partial charge is 0.465 e. The molecule has 1 unspecified atom stereocenters. The van der Waals surface area contributed by atoms with Gasteiger partial charge >= 0.3 is 40.1 Å². The Bertz CT molecular complexity index is 438. The van der Waals surface area contributed by atoms with Gasteiger partial charge in [0.05, 0.1) is 6.61 Å². The summed E-state index contributed by atoms with van der Waals surface area (Å²) in [6.45, 7) is 2.04.